The SMILES string of the molecule is COC1C[C@@H]2OC(=O)N(C)[C@@H]2[C@@H](C)O1. The number of carbonyl (C=O) groups is 1. The molecule has 80 valence electrons. The minimum atomic E-state index is -0.271. The van der Waals surface area contributed by atoms with E-state index in [1.165, 1.54) is 0 Å². The molecule has 0 radical (unpaired) electrons. The Morgan fingerprint density at radius 2 is 2.29 bits per heavy atom. The van der Waals surface area contributed by atoms with E-state index in [2.05, 4.69) is 0 Å². The van der Waals surface area contributed by atoms with Gasteiger partial charge in [-0.05, 0) is 6.92 Å². The number of carbonyl (C=O) groups excluding carboxylic acids is 1. The summed E-state index contributed by atoms with van der Waals surface area (Å²) in [6, 6.07) is 0.0221. The van der Waals surface area contributed by atoms with Crippen LogP contribution in [0.1, 0.15) is 13.3 Å². The number of likely N-dealkylation sites (N-methyl/N-ethyl adjacent to an activating group) is 1. The first-order chi connectivity index (χ1) is 6.63. The van der Waals surface area contributed by atoms with Gasteiger partial charge in [0, 0.05) is 20.6 Å². The van der Waals surface area contributed by atoms with Gasteiger partial charge < -0.3 is 19.1 Å². The highest BCUT2D eigenvalue weighted by molar-refractivity contribution is 5.70. The standard InChI is InChI=1S/C9H15NO4/c1-5-8-6(4-7(12-3)13-5)14-9(11)10(8)2/h5-8H,4H2,1-3H3/t5-,6+,7?,8-/m1/s1. The molecule has 0 aromatic rings. The van der Waals surface area contributed by atoms with Gasteiger partial charge in [-0.25, -0.2) is 4.79 Å². The van der Waals surface area contributed by atoms with Crippen molar-refractivity contribution in [1.29, 1.82) is 0 Å². The molecule has 1 unspecified atom stereocenters. The van der Waals surface area contributed by atoms with Gasteiger partial charge >= 0.3 is 6.09 Å². The molecule has 0 bridgehead atoms. The molecule has 0 aromatic carbocycles. The van der Waals surface area contributed by atoms with Crippen LogP contribution < -0.4 is 0 Å². The van der Waals surface area contributed by atoms with Crippen LogP contribution in [0.15, 0.2) is 0 Å². The highest BCUT2D eigenvalue weighted by atomic mass is 16.7. The van der Waals surface area contributed by atoms with Gasteiger partial charge in [0.1, 0.15) is 6.10 Å². The molecule has 2 aliphatic rings. The molecule has 2 heterocycles. The number of rotatable bonds is 1. The Morgan fingerprint density at radius 1 is 1.57 bits per heavy atom. The molecule has 14 heavy (non-hydrogen) atoms. The molecule has 2 aliphatic heterocycles. The van der Waals surface area contributed by atoms with Gasteiger partial charge in [-0.3, -0.25) is 0 Å². The van der Waals surface area contributed by atoms with Gasteiger partial charge in [0.05, 0.1) is 12.1 Å². The van der Waals surface area contributed by atoms with Crippen molar-refractivity contribution in [2.45, 2.75) is 37.9 Å². The Labute approximate surface area is 82.9 Å². The van der Waals surface area contributed by atoms with Crippen molar-refractivity contribution in [3.63, 3.8) is 0 Å². The van der Waals surface area contributed by atoms with Crippen molar-refractivity contribution in [2.24, 2.45) is 0 Å². The van der Waals surface area contributed by atoms with E-state index in [0.29, 0.717) is 6.42 Å². The third-order valence-electron chi connectivity index (χ3n) is 2.90. The maximum absolute atomic E-state index is 11.3. The van der Waals surface area contributed by atoms with E-state index in [0.717, 1.165) is 0 Å². The summed E-state index contributed by atoms with van der Waals surface area (Å²) in [5.74, 6) is 0. The Kier molecular flexibility index (Phi) is 2.36. The fraction of sp³-hybridized carbons (Fsp3) is 0.889. The average Bonchev–Trinajstić information content (AvgIpc) is 2.43. The summed E-state index contributed by atoms with van der Waals surface area (Å²) in [6.07, 6.45) is -0.0594. The number of methoxy groups -OCH3 is 1. The zero-order chi connectivity index (χ0) is 10.3. The summed E-state index contributed by atoms with van der Waals surface area (Å²) in [7, 11) is 3.33. The second-order valence-electron chi connectivity index (χ2n) is 3.77. The minimum absolute atomic E-state index is 0.0221. The summed E-state index contributed by atoms with van der Waals surface area (Å²) < 4.78 is 15.9. The Bertz CT molecular complexity index is 245. The quantitative estimate of drug-likeness (QED) is 0.623. The zero-order valence-electron chi connectivity index (χ0n) is 8.60. The molecule has 0 aliphatic carbocycles. The predicted octanol–water partition coefficient (Wildman–Crippen LogP) is 0.587. The second-order valence-corrected chi connectivity index (χ2v) is 3.77. The fourth-order valence-electron chi connectivity index (χ4n) is 2.18. The predicted molar refractivity (Wildman–Crippen MR) is 47.8 cm³/mol. The van der Waals surface area contributed by atoms with Gasteiger partial charge in [0.15, 0.2) is 6.29 Å². The van der Waals surface area contributed by atoms with Crippen LogP contribution in [0.25, 0.3) is 0 Å². The highest BCUT2D eigenvalue weighted by Gasteiger charge is 2.48. The van der Waals surface area contributed by atoms with Crippen LogP contribution in [0.4, 0.5) is 4.79 Å². The average molecular weight is 201 g/mol. The van der Waals surface area contributed by atoms with E-state index in [1.54, 1.807) is 19.1 Å². The van der Waals surface area contributed by atoms with E-state index in [1.807, 2.05) is 6.92 Å². The summed E-state index contributed by atoms with van der Waals surface area (Å²) in [4.78, 5) is 12.9. The third kappa shape index (κ3) is 1.36. The molecule has 1 amide bonds. The second kappa shape index (κ2) is 3.40. The van der Waals surface area contributed by atoms with Gasteiger partial charge in [0.2, 0.25) is 0 Å². The maximum atomic E-state index is 11.3. The fourth-order valence-corrected chi connectivity index (χ4v) is 2.18. The largest absolute Gasteiger partial charge is 0.444 e. The van der Waals surface area contributed by atoms with Crippen molar-refractivity contribution < 1.29 is 19.0 Å². The van der Waals surface area contributed by atoms with Crippen LogP contribution in [-0.2, 0) is 14.2 Å². The van der Waals surface area contributed by atoms with Gasteiger partial charge in [-0.15, -0.1) is 0 Å². The molecule has 0 saturated carbocycles. The molecule has 0 N–H and O–H groups in total. The summed E-state index contributed by atoms with van der Waals surface area (Å²) >= 11 is 0. The molecular weight excluding hydrogens is 186 g/mol. The van der Waals surface area contributed by atoms with Crippen LogP contribution in [0.3, 0.4) is 0 Å². The van der Waals surface area contributed by atoms with E-state index in [-0.39, 0.29) is 30.6 Å². The smallest absolute Gasteiger partial charge is 0.410 e. The van der Waals surface area contributed by atoms with Crippen molar-refractivity contribution in [3.05, 3.63) is 0 Å². The lowest BCUT2D eigenvalue weighted by molar-refractivity contribution is -0.204. The van der Waals surface area contributed by atoms with Crippen molar-refractivity contribution in [3.8, 4) is 0 Å². The lowest BCUT2D eigenvalue weighted by Crippen LogP contribution is -2.50. The van der Waals surface area contributed by atoms with Crippen molar-refractivity contribution in [2.75, 3.05) is 14.2 Å². The van der Waals surface area contributed by atoms with E-state index < -0.39 is 0 Å². The zero-order valence-corrected chi connectivity index (χ0v) is 8.60. The monoisotopic (exact) mass is 201 g/mol. The Hall–Kier alpha value is -0.810. The van der Waals surface area contributed by atoms with Crippen LogP contribution in [0.5, 0.6) is 0 Å². The number of hydrogen-bond donors (Lipinski definition) is 0. The van der Waals surface area contributed by atoms with Gasteiger partial charge in [-0.2, -0.15) is 0 Å². The Balaban J connectivity index is 2.12. The van der Waals surface area contributed by atoms with E-state index >= 15 is 0 Å². The number of fused-ring (bicyclic) bond motifs is 1. The first-order valence-electron chi connectivity index (χ1n) is 4.75. The first-order valence-corrected chi connectivity index (χ1v) is 4.75. The summed E-state index contributed by atoms with van der Waals surface area (Å²) in [5, 5.41) is 0. The molecule has 0 aromatic heterocycles. The van der Waals surface area contributed by atoms with Crippen LogP contribution >= 0.6 is 0 Å². The number of amides is 1. The van der Waals surface area contributed by atoms with Crippen molar-refractivity contribution >= 4 is 6.09 Å². The van der Waals surface area contributed by atoms with E-state index in [4.69, 9.17) is 14.2 Å². The number of hydrogen-bond acceptors (Lipinski definition) is 4. The Morgan fingerprint density at radius 3 is 2.93 bits per heavy atom. The molecule has 0 spiro atoms. The molecule has 4 atom stereocenters. The summed E-state index contributed by atoms with van der Waals surface area (Å²) in [5.41, 5.74) is 0. The van der Waals surface area contributed by atoms with Crippen LogP contribution in [-0.4, -0.2) is 49.7 Å². The van der Waals surface area contributed by atoms with Crippen molar-refractivity contribution in [1.82, 2.24) is 4.90 Å². The molecule has 5 heteroatoms. The molecular formula is C9H15NO4. The lowest BCUT2D eigenvalue weighted by Gasteiger charge is -2.36. The first kappa shape index (κ1) is 9.73. The van der Waals surface area contributed by atoms with Crippen LogP contribution in [0.2, 0.25) is 0 Å². The molecule has 2 rings (SSSR count). The number of ether oxygens (including phenoxy) is 3. The topological polar surface area (TPSA) is 48.0 Å². The highest BCUT2D eigenvalue weighted by Crippen LogP contribution is 2.31. The molecule has 2 saturated heterocycles. The lowest BCUT2D eigenvalue weighted by atomic mass is 9.99. The van der Waals surface area contributed by atoms with Gasteiger partial charge in [-0.1, -0.05) is 0 Å². The minimum Gasteiger partial charge on any atom is -0.444 e. The maximum Gasteiger partial charge on any atom is 0.410 e. The summed E-state index contributed by atoms with van der Waals surface area (Å²) in [6.45, 7) is 1.93. The normalized spacial score (nSPS) is 42.2. The molecule has 2 fully saturated rings. The number of nitrogens with zero attached hydrogens (tertiary/aromatic N) is 1. The van der Waals surface area contributed by atoms with Crippen LogP contribution in [0, 0.1) is 0 Å². The van der Waals surface area contributed by atoms with E-state index in [9.17, 15) is 4.79 Å². The molecule has 5 nitrogen and oxygen atoms in total. The third-order valence-corrected chi connectivity index (χ3v) is 2.90. The van der Waals surface area contributed by atoms with Gasteiger partial charge in [0.25, 0.3) is 0 Å².